The highest BCUT2D eigenvalue weighted by molar-refractivity contribution is 14.1. The lowest BCUT2D eigenvalue weighted by Gasteiger charge is -2.05. The quantitative estimate of drug-likeness (QED) is 0.634. The largest absolute Gasteiger partial charge is 0.434 e. The molecule has 0 saturated heterocycles. The maximum absolute atomic E-state index is 11.8. The van der Waals surface area contributed by atoms with Gasteiger partial charge in [0.1, 0.15) is 11.4 Å². The Morgan fingerprint density at radius 1 is 1.62 bits per heavy atom. The molecule has 0 N–H and O–H groups in total. The third-order valence-corrected chi connectivity index (χ3v) is 1.99. The monoisotopic (exact) mass is 299 g/mol. The van der Waals surface area contributed by atoms with Crippen LogP contribution in [-0.2, 0) is 0 Å². The highest BCUT2D eigenvalue weighted by Gasteiger charge is 2.09. The van der Waals surface area contributed by atoms with Crippen LogP contribution in [0.3, 0.4) is 0 Å². The van der Waals surface area contributed by atoms with Crippen molar-refractivity contribution in [1.82, 2.24) is 4.98 Å². The molecule has 0 aromatic carbocycles. The Hall–Kier alpha value is -0.790. The van der Waals surface area contributed by atoms with Crippen LogP contribution in [0.15, 0.2) is 12.3 Å². The molecule has 0 unspecified atom stereocenters. The molecular formula is C7H4F2INO2. The second-order valence-corrected chi connectivity index (χ2v) is 3.20. The molecule has 0 saturated carbocycles. The van der Waals surface area contributed by atoms with Crippen molar-refractivity contribution in [3.63, 3.8) is 0 Å². The Labute approximate surface area is 86.2 Å². The summed E-state index contributed by atoms with van der Waals surface area (Å²) in [5.41, 5.74) is 0.0658. The number of aromatic nitrogens is 1. The number of carbonyl (C=O) groups excluding carboxylic acids is 1. The van der Waals surface area contributed by atoms with Crippen molar-refractivity contribution in [2.45, 2.75) is 6.61 Å². The zero-order valence-corrected chi connectivity index (χ0v) is 8.36. The number of pyridine rings is 1. The fraction of sp³-hybridized carbons (Fsp3) is 0.143. The standard InChI is InChI=1S/C7H4F2INO2/c8-7(9)13-6-1-4(3-12)11-2-5(6)10/h1-3,7H. The molecule has 0 atom stereocenters. The lowest BCUT2D eigenvalue weighted by Crippen LogP contribution is -2.04. The fourth-order valence-corrected chi connectivity index (χ4v) is 1.11. The molecule has 0 aliphatic heterocycles. The van der Waals surface area contributed by atoms with E-state index in [0.717, 1.165) is 0 Å². The van der Waals surface area contributed by atoms with Crippen molar-refractivity contribution < 1.29 is 18.3 Å². The molecule has 0 fully saturated rings. The van der Waals surface area contributed by atoms with Gasteiger partial charge in [0, 0.05) is 12.3 Å². The van der Waals surface area contributed by atoms with E-state index in [1.54, 1.807) is 22.6 Å². The third kappa shape index (κ3) is 2.87. The van der Waals surface area contributed by atoms with E-state index < -0.39 is 6.61 Å². The van der Waals surface area contributed by atoms with Crippen LogP contribution in [0.25, 0.3) is 0 Å². The summed E-state index contributed by atoms with van der Waals surface area (Å²) in [4.78, 5) is 13.9. The lowest BCUT2D eigenvalue weighted by molar-refractivity contribution is -0.0505. The summed E-state index contributed by atoms with van der Waals surface area (Å²) in [6.45, 7) is -2.89. The first-order valence-electron chi connectivity index (χ1n) is 3.19. The Kier molecular flexibility index (Phi) is 3.52. The summed E-state index contributed by atoms with van der Waals surface area (Å²) in [6.07, 6.45) is 1.76. The van der Waals surface area contributed by atoms with E-state index in [9.17, 15) is 13.6 Å². The van der Waals surface area contributed by atoms with Crippen LogP contribution in [0, 0.1) is 3.57 Å². The van der Waals surface area contributed by atoms with Crippen LogP contribution < -0.4 is 4.74 Å². The molecule has 70 valence electrons. The Morgan fingerprint density at radius 3 is 2.85 bits per heavy atom. The number of halogens is 3. The lowest BCUT2D eigenvalue weighted by atomic mass is 10.3. The van der Waals surface area contributed by atoms with Crippen LogP contribution in [0.1, 0.15) is 10.5 Å². The van der Waals surface area contributed by atoms with Gasteiger partial charge in [0.05, 0.1) is 3.57 Å². The molecule has 0 aliphatic rings. The summed E-state index contributed by atoms with van der Waals surface area (Å²) in [5.74, 6) is -0.0345. The molecule has 1 aromatic heterocycles. The summed E-state index contributed by atoms with van der Waals surface area (Å²) < 4.78 is 28.2. The van der Waals surface area contributed by atoms with Gasteiger partial charge in [-0.15, -0.1) is 0 Å². The Balaban J connectivity index is 2.96. The highest BCUT2D eigenvalue weighted by atomic mass is 127. The normalized spacial score (nSPS) is 10.2. The zero-order valence-electron chi connectivity index (χ0n) is 6.21. The van der Waals surface area contributed by atoms with Crippen molar-refractivity contribution >= 4 is 28.9 Å². The zero-order chi connectivity index (χ0) is 9.84. The van der Waals surface area contributed by atoms with E-state index in [1.165, 1.54) is 12.3 Å². The van der Waals surface area contributed by atoms with Crippen molar-refractivity contribution in [3.05, 3.63) is 21.5 Å². The number of rotatable bonds is 3. The first-order valence-corrected chi connectivity index (χ1v) is 4.27. The second-order valence-electron chi connectivity index (χ2n) is 2.04. The number of hydrogen-bond donors (Lipinski definition) is 0. The molecule has 3 nitrogen and oxygen atoms in total. The molecule has 13 heavy (non-hydrogen) atoms. The smallest absolute Gasteiger partial charge is 0.387 e. The van der Waals surface area contributed by atoms with Crippen molar-refractivity contribution in [2.75, 3.05) is 0 Å². The fourth-order valence-electron chi connectivity index (χ4n) is 0.686. The van der Waals surface area contributed by atoms with Gasteiger partial charge in [-0.05, 0) is 22.6 Å². The number of alkyl halides is 2. The maximum Gasteiger partial charge on any atom is 0.387 e. The summed E-state index contributed by atoms with van der Waals surface area (Å²) in [6, 6.07) is 1.17. The van der Waals surface area contributed by atoms with Gasteiger partial charge in [-0.1, -0.05) is 0 Å². The first-order chi connectivity index (χ1) is 6.13. The molecule has 0 radical (unpaired) electrons. The average molecular weight is 299 g/mol. The predicted molar refractivity (Wildman–Crippen MR) is 49.0 cm³/mol. The summed E-state index contributed by atoms with van der Waals surface area (Å²) in [5, 5.41) is 0. The number of carbonyl (C=O) groups is 1. The molecular weight excluding hydrogens is 295 g/mol. The van der Waals surface area contributed by atoms with E-state index in [4.69, 9.17) is 0 Å². The van der Waals surface area contributed by atoms with Crippen molar-refractivity contribution in [1.29, 1.82) is 0 Å². The summed E-state index contributed by atoms with van der Waals surface area (Å²) in [7, 11) is 0. The van der Waals surface area contributed by atoms with Crippen LogP contribution in [-0.4, -0.2) is 17.9 Å². The average Bonchev–Trinajstić information content (AvgIpc) is 2.08. The minimum Gasteiger partial charge on any atom is -0.434 e. The van der Waals surface area contributed by atoms with Gasteiger partial charge in [-0.2, -0.15) is 8.78 Å². The van der Waals surface area contributed by atoms with E-state index in [2.05, 4.69) is 9.72 Å². The second kappa shape index (κ2) is 4.45. The molecule has 0 amide bonds. The highest BCUT2D eigenvalue weighted by Crippen LogP contribution is 2.21. The predicted octanol–water partition coefficient (Wildman–Crippen LogP) is 2.10. The molecule has 0 aliphatic carbocycles. The van der Waals surface area contributed by atoms with E-state index in [-0.39, 0.29) is 11.4 Å². The molecule has 1 heterocycles. The van der Waals surface area contributed by atoms with Crippen molar-refractivity contribution in [3.8, 4) is 5.75 Å². The number of hydrogen-bond acceptors (Lipinski definition) is 3. The van der Waals surface area contributed by atoms with Crippen LogP contribution in [0.4, 0.5) is 8.78 Å². The SMILES string of the molecule is O=Cc1cc(OC(F)F)c(I)cn1. The maximum atomic E-state index is 11.8. The van der Waals surface area contributed by atoms with Gasteiger partial charge in [0.25, 0.3) is 0 Å². The van der Waals surface area contributed by atoms with E-state index >= 15 is 0 Å². The molecule has 1 rings (SSSR count). The van der Waals surface area contributed by atoms with Gasteiger partial charge in [-0.3, -0.25) is 9.78 Å². The Morgan fingerprint density at radius 2 is 2.31 bits per heavy atom. The first kappa shape index (κ1) is 10.3. The summed E-state index contributed by atoms with van der Waals surface area (Å²) >= 11 is 1.79. The minimum absolute atomic E-state index is 0.0345. The van der Waals surface area contributed by atoms with E-state index in [1.807, 2.05) is 0 Å². The van der Waals surface area contributed by atoms with Gasteiger partial charge < -0.3 is 4.74 Å². The minimum atomic E-state index is -2.89. The van der Waals surface area contributed by atoms with Crippen molar-refractivity contribution in [2.24, 2.45) is 0 Å². The van der Waals surface area contributed by atoms with Crippen LogP contribution in [0.5, 0.6) is 5.75 Å². The van der Waals surface area contributed by atoms with Gasteiger partial charge in [0.15, 0.2) is 6.29 Å². The van der Waals surface area contributed by atoms with Gasteiger partial charge in [-0.25, -0.2) is 0 Å². The molecule has 6 heteroatoms. The number of nitrogens with zero attached hydrogens (tertiary/aromatic N) is 1. The van der Waals surface area contributed by atoms with Crippen LogP contribution >= 0.6 is 22.6 Å². The Bertz CT molecular complexity index is 319. The third-order valence-electron chi connectivity index (χ3n) is 1.18. The van der Waals surface area contributed by atoms with Crippen LogP contribution in [0.2, 0.25) is 0 Å². The topological polar surface area (TPSA) is 39.2 Å². The van der Waals surface area contributed by atoms with Gasteiger partial charge >= 0.3 is 6.61 Å². The molecule has 0 bridgehead atoms. The molecule has 0 spiro atoms. The number of ether oxygens (including phenoxy) is 1. The van der Waals surface area contributed by atoms with Gasteiger partial charge in [0.2, 0.25) is 0 Å². The number of aldehydes is 1. The molecule has 1 aromatic rings. The van der Waals surface area contributed by atoms with E-state index in [0.29, 0.717) is 9.86 Å².